The molecule has 0 aliphatic rings. The van der Waals surface area contributed by atoms with Crippen molar-refractivity contribution >= 4 is 17.5 Å². The summed E-state index contributed by atoms with van der Waals surface area (Å²) in [4.78, 5) is 30.5. The number of nitrogen functional groups attached to an aromatic ring is 2. The number of rotatable bonds is 10. The van der Waals surface area contributed by atoms with Crippen LogP contribution in [0, 0.1) is 0 Å². The Labute approximate surface area is 190 Å². The fourth-order valence-corrected chi connectivity index (χ4v) is 3.30. The van der Waals surface area contributed by atoms with Crippen LogP contribution in [0.3, 0.4) is 0 Å². The molecule has 0 fully saturated rings. The van der Waals surface area contributed by atoms with E-state index in [4.69, 9.17) is 21.1 Å². The normalized spacial score (nSPS) is 11.6. The minimum absolute atomic E-state index is 0.0604. The zero-order chi connectivity index (χ0) is 24.0. The van der Waals surface area contributed by atoms with Gasteiger partial charge >= 0.3 is 5.97 Å². The van der Waals surface area contributed by atoms with Crippen LogP contribution < -0.4 is 32.0 Å². The molecule has 1 atom stereocenters. The van der Waals surface area contributed by atoms with Crippen LogP contribution in [0.1, 0.15) is 26.7 Å². The highest BCUT2D eigenvalue weighted by molar-refractivity contribution is 5.76. The number of carboxylic acids is 1. The number of hydrogen-bond donors (Lipinski definition) is 5. The first-order valence-electron chi connectivity index (χ1n) is 10.5. The molecule has 0 saturated heterocycles. The van der Waals surface area contributed by atoms with Crippen molar-refractivity contribution < 1.29 is 19.4 Å². The molecule has 1 unspecified atom stereocenters. The number of carboxylic acid groups (broad SMARTS) is 1. The lowest BCUT2D eigenvalue weighted by molar-refractivity contribution is -0.145. The van der Waals surface area contributed by atoms with Gasteiger partial charge in [-0.05, 0) is 48.7 Å². The molecule has 10 nitrogen and oxygen atoms in total. The number of nitrogens with two attached hydrogens (primary N) is 2. The average Bonchev–Trinajstić information content (AvgIpc) is 2.81. The van der Waals surface area contributed by atoms with E-state index in [9.17, 15) is 14.7 Å². The number of ether oxygens (including phenoxy) is 2. The summed E-state index contributed by atoms with van der Waals surface area (Å²) >= 11 is 0. The number of nitrogens with zero attached hydrogens (tertiary/aromatic N) is 1. The second-order valence-corrected chi connectivity index (χ2v) is 7.23. The van der Waals surface area contributed by atoms with E-state index in [-0.39, 0.29) is 17.3 Å². The number of aromatic nitrogens is 2. The summed E-state index contributed by atoms with van der Waals surface area (Å²) in [5, 5.41) is 9.37. The highest BCUT2D eigenvalue weighted by Crippen LogP contribution is 2.34. The third-order valence-corrected chi connectivity index (χ3v) is 4.90. The van der Waals surface area contributed by atoms with Gasteiger partial charge in [-0.3, -0.25) is 4.79 Å². The second kappa shape index (κ2) is 10.5. The number of H-pyrrole nitrogens is 1. The fraction of sp³-hybridized carbons (Fsp3) is 0.261. The molecule has 10 heteroatoms. The maximum atomic E-state index is 12.2. The first-order chi connectivity index (χ1) is 15.9. The lowest BCUT2D eigenvalue weighted by Gasteiger charge is -2.16. The molecule has 3 rings (SSSR count). The van der Waals surface area contributed by atoms with Crippen molar-refractivity contribution in [2.45, 2.75) is 32.8 Å². The molecule has 33 heavy (non-hydrogen) atoms. The summed E-state index contributed by atoms with van der Waals surface area (Å²) in [6.07, 6.45) is 0.193. The number of aliphatic carboxylic acids is 1. The number of aromatic amines is 1. The van der Waals surface area contributed by atoms with Crippen LogP contribution in [0.25, 0.3) is 22.5 Å². The topological polar surface area (TPSA) is 166 Å². The van der Waals surface area contributed by atoms with E-state index < -0.39 is 17.6 Å². The number of benzene rings is 2. The first kappa shape index (κ1) is 23.6. The van der Waals surface area contributed by atoms with Gasteiger partial charge in [-0.1, -0.05) is 31.5 Å². The molecule has 0 aliphatic carbocycles. The first-order valence-corrected chi connectivity index (χ1v) is 10.5. The minimum atomic E-state index is -0.999. The number of nitrogens with one attached hydrogen (secondary N) is 2. The Hall–Kier alpha value is -4.05. The van der Waals surface area contributed by atoms with E-state index in [2.05, 4.69) is 15.4 Å². The van der Waals surface area contributed by atoms with Crippen molar-refractivity contribution in [2.24, 2.45) is 5.84 Å². The van der Waals surface area contributed by atoms with Gasteiger partial charge in [-0.2, -0.15) is 0 Å². The number of hydrazine groups is 1. The van der Waals surface area contributed by atoms with Crippen molar-refractivity contribution in [3.05, 3.63) is 52.8 Å². The fourth-order valence-electron chi connectivity index (χ4n) is 3.30. The number of hydrogen-bond acceptors (Lipinski definition) is 8. The minimum Gasteiger partial charge on any atom is -0.493 e. The van der Waals surface area contributed by atoms with Gasteiger partial charge in [0.05, 0.1) is 12.2 Å². The number of carbonyl (C=O) groups is 1. The van der Waals surface area contributed by atoms with E-state index in [1.165, 1.54) is 0 Å². The van der Waals surface area contributed by atoms with Crippen LogP contribution in [-0.2, 0) is 4.79 Å². The molecule has 3 aromatic rings. The third-order valence-electron chi connectivity index (χ3n) is 4.90. The molecule has 1 heterocycles. The van der Waals surface area contributed by atoms with Crippen LogP contribution in [0.5, 0.6) is 11.5 Å². The predicted molar refractivity (Wildman–Crippen MR) is 126 cm³/mol. The predicted octanol–water partition coefficient (Wildman–Crippen LogP) is 3.00. The summed E-state index contributed by atoms with van der Waals surface area (Å²) in [6, 6.07) is 12.6. The van der Waals surface area contributed by atoms with E-state index >= 15 is 0 Å². The SMILES string of the molecule is CCCC(Oc1cccc(-c2ccc(-c3nc(NN)c(N)c(=O)[nH]3)c(OCC)c2)c1)C(=O)O. The van der Waals surface area contributed by atoms with Gasteiger partial charge in [0.2, 0.25) is 0 Å². The Morgan fingerprint density at radius 3 is 2.64 bits per heavy atom. The molecular weight excluding hydrogens is 426 g/mol. The molecule has 0 radical (unpaired) electrons. The van der Waals surface area contributed by atoms with Gasteiger partial charge in [0.1, 0.15) is 23.0 Å². The Kier molecular flexibility index (Phi) is 7.52. The quantitative estimate of drug-likeness (QED) is 0.229. The van der Waals surface area contributed by atoms with Crippen molar-refractivity contribution in [1.29, 1.82) is 0 Å². The van der Waals surface area contributed by atoms with Crippen molar-refractivity contribution in [2.75, 3.05) is 17.8 Å². The molecule has 7 N–H and O–H groups in total. The Morgan fingerprint density at radius 1 is 1.21 bits per heavy atom. The zero-order valence-electron chi connectivity index (χ0n) is 18.4. The van der Waals surface area contributed by atoms with E-state index in [0.717, 1.165) is 11.1 Å². The van der Waals surface area contributed by atoms with Crippen LogP contribution in [0.4, 0.5) is 11.5 Å². The lowest BCUT2D eigenvalue weighted by atomic mass is 10.0. The molecule has 174 valence electrons. The van der Waals surface area contributed by atoms with Crippen LogP contribution in [0.15, 0.2) is 47.3 Å². The lowest BCUT2D eigenvalue weighted by Crippen LogP contribution is -2.26. The molecule has 0 amide bonds. The monoisotopic (exact) mass is 453 g/mol. The maximum Gasteiger partial charge on any atom is 0.344 e. The van der Waals surface area contributed by atoms with Gasteiger partial charge in [0.15, 0.2) is 11.9 Å². The van der Waals surface area contributed by atoms with E-state index in [1.54, 1.807) is 24.3 Å². The van der Waals surface area contributed by atoms with Crippen molar-refractivity contribution in [3.63, 3.8) is 0 Å². The summed E-state index contributed by atoms with van der Waals surface area (Å²) in [7, 11) is 0. The van der Waals surface area contributed by atoms with Crippen molar-refractivity contribution in [3.8, 4) is 34.0 Å². The van der Waals surface area contributed by atoms with E-state index in [1.807, 2.05) is 32.0 Å². The zero-order valence-corrected chi connectivity index (χ0v) is 18.4. The summed E-state index contributed by atoms with van der Waals surface area (Å²) in [5.74, 6) is 5.68. The molecule has 0 spiro atoms. The van der Waals surface area contributed by atoms with Gasteiger partial charge in [0, 0.05) is 0 Å². The third kappa shape index (κ3) is 5.42. The smallest absolute Gasteiger partial charge is 0.344 e. The van der Waals surface area contributed by atoms with Gasteiger partial charge in [0.25, 0.3) is 5.56 Å². The molecule has 0 bridgehead atoms. The molecular formula is C23H27N5O5. The standard InChI is InChI=1S/C23H27N5O5/c1-3-6-17(23(30)31)33-15-8-5-7-13(11-15)14-9-10-16(18(12-14)32-4-2)20-26-21(28-25)19(24)22(29)27-20/h5,7-12,17H,3-4,6,24-25H2,1-2H3,(H,30,31)(H2,26,27,28,29). The highest BCUT2D eigenvalue weighted by Gasteiger charge is 2.19. The molecule has 0 aliphatic heterocycles. The van der Waals surface area contributed by atoms with Gasteiger partial charge < -0.3 is 30.7 Å². The largest absolute Gasteiger partial charge is 0.493 e. The summed E-state index contributed by atoms with van der Waals surface area (Å²) in [5.41, 5.74) is 9.55. The summed E-state index contributed by atoms with van der Waals surface area (Å²) in [6.45, 7) is 4.14. The Bertz CT molecular complexity index is 1190. The highest BCUT2D eigenvalue weighted by atomic mass is 16.5. The molecule has 0 saturated carbocycles. The second-order valence-electron chi connectivity index (χ2n) is 7.23. The molecule has 1 aromatic heterocycles. The number of anilines is 2. The van der Waals surface area contributed by atoms with E-state index in [0.29, 0.717) is 36.5 Å². The van der Waals surface area contributed by atoms with Crippen molar-refractivity contribution in [1.82, 2.24) is 9.97 Å². The van der Waals surface area contributed by atoms with Crippen LogP contribution in [0.2, 0.25) is 0 Å². The van der Waals surface area contributed by atoms with Gasteiger partial charge in [-0.25, -0.2) is 15.6 Å². The molecule has 2 aromatic carbocycles. The Morgan fingerprint density at radius 2 is 1.97 bits per heavy atom. The van der Waals surface area contributed by atoms with Gasteiger partial charge in [-0.15, -0.1) is 0 Å². The summed E-state index contributed by atoms with van der Waals surface area (Å²) < 4.78 is 11.5. The van der Waals surface area contributed by atoms with Crippen LogP contribution in [-0.4, -0.2) is 33.8 Å². The maximum absolute atomic E-state index is 12.2. The average molecular weight is 453 g/mol. The Balaban J connectivity index is 2.00. The van der Waals surface area contributed by atoms with Crippen LogP contribution >= 0.6 is 0 Å².